The van der Waals surface area contributed by atoms with E-state index in [4.69, 9.17) is 73.1 Å². The number of aromatic amines is 1. The van der Waals surface area contributed by atoms with E-state index in [1.807, 2.05) is 160 Å². The van der Waals surface area contributed by atoms with Gasteiger partial charge in [-0.05, 0) is 146 Å². The highest BCUT2D eigenvalue weighted by Gasteiger charge is 2.24. The summed E-state index contributed by atoms with van der Waals surface area (Å²) in [6, 6.07) is 83.7. The monoisotopic (exact) mass is 1430 g/mol. The quantitative estimate of drug-likeness (QED) is 0.107. The Balaban J connectivity index is 0.659. The lowest BCUT2D eigenvalue weighted by Gasteiger charge is -2.13. The summed E-state index contributed by atoms with van der Waals surface area (Å²) in [5, 5.41) is 0. The predicted molar refractivity (Wildman–Crippen MR) is 432 cm³/mol. The van der Waals surface area contributed by atoms with E-state index < -0.39 is 0 Å². The van der Waals surface area contributed by atoms with Gasteiger partial charge in [-0.1, -0.05) is 176 Å². The van der Waals surface area contributed by atoms with Gasteiger partial charge in [0.15, 0.2) is 51.7 Å². The van der Waals surface area contributed by atoms with Gasteiger partial charge in [-0.15, -0.1) is 0 Å². The summed E-state index contributed by atoms with van der Waals surface area (Å²) in [7, 11) is 4.14. The number of oxazole rings is 3. The van der Waals surface area contributed by atoms with Gasteiger partial charge in [0.1, 0.15) is 34.0 Å². The van der Waals surface area contributed by atoms with Crippen molar-refractivity contribution in [2.75, 3.05) is 0 Å². The van der Waals surface area contributed by atoms with E-state index in [1.54, 1.807) is 0 Å². The second-order valence-corrected chi connectivity index (χ2v) is 28.1. The lowest BCUT2D eigenvalue weighted by atomic mass is 9.96. The van der Waals surface area contributed by atoms with Crippen LogP contribution in [0.1, 0.15) is 38.9 Å². The second kappa shape index (κ2) is 25.9. The summed E-state index contributed by atoms with van der Waals surface area (Å²) >= 11 is 0. The summed E-state index contributed by atoms with van der Waals surface area (Å²) in [6.45, 7) is 10.3. The van der Waals surface area contributed by atoms with Crippen LogP contribution in [0.2, 0.25) is 0 Å². The molecule has 0 radical (unpaired) electrons. The maximum absolute atomic E-state index is 6.72. The van der Waals surface area contributed by atoms with Gasteiger partial charge in [-0.25, -0.2) is 59.8 Å². The van der Waals surface area contributed by atoms with Crippen molar-refractivity contribution in [3.8, 4) is 137 Å². The minimum absolute atomic E-state index is 0.462. The largest absolute Gasteiger partial charge is 0.436 e. The smallest absolute Gasteiger partial charge is 0.227 e. The normalized spacial score (nSPS) is 11.8. The van der Waals surface area contributed by atoms with Crippen LogP contribution in [-0.2, 0) is 20.5 Å². The maximum Gasteiger partial charge on any atom is 0.227 e. The number of para-hydroxylation sites is 6. The molecule has 0 aliphatic rings. The molecule has 0 amide bonds. The Labute approximate surface area is 629 Å². The minimum atomic E-state index is 0.462. The summed E-state index contributed by atoms with van der Waals surface area (Å²) in [4.78, 5) is 65.0. The standard InChI is InChI=1S/C92H65N15O3/c1-50-14-8-20-69-75(50)99-81(93-69)55-26-28-56(29-27-55)82-100-83(57-30-38-61(39-31-57)88-94-70-21-9-15-51(2)76(70)106(88)6)102-84(101-82)58-32-40-62(41-33-58)89-95-71-22-13-19-65(77(71)107(89)7)48-67-49-66(46-47-68(67)92-98-74-25-12-18-54(5)80(74)110-92)87-104-85(59-34-42-63(43-35-59)90-96-72-23-10-16-52(3)78(72)108-90)103-86(105-87)60-36-44-64(45-37-60)91-97-73-24-11-17-53(4)79(73)109-91/h8-47,49H,48H2,1-7H3,(H,93,99). The molecule has 0 aliphatic carbocycles. The number of rotatable bonds is 14. The molecule has 18 heteroatoms. The first-order valence-corrected chi connectivity index (χ1v) is 36.4. The Morgan fingerprint density at radius 3 is 1.06 bits per heavy atom. The number of aromatic nitrogens is 15. The van der Waals surface area contributed by atoms with Crippen LogP contribution in [-0.4, -0.2) is 73.9 Å². The number of benzene rings is 12. The molecule has 0 unspecified atom stereocenters. The van der Waals surface area contributed by atoms with Crippen LogP contribution in [0.5, 0.6) is 0 Å². The van der Waals surface area contributed by atoms with E-state index in [1.165, 1.54) is 5.56 Å². The van der Waals surface area contributed by atoms with Crippen LogP contribution in [0.4, 0.5) is 0 Å². The molecule has 526 valence electrons. The van der Waals surface area contributed by atoms with Crippen molar-refractivity contribution in [3.63, 3.8) is 0 Å². The molecular formula is C92H65N15O3. The van der Waals surface area contributed by atoms with E-state index in [2.05, 4.69) is 151 Å². The fourth-order valence-corrected chi connectivity index (χ4v) is 15.1. The van der Waals surface area contributed by atoms with Crippen molar-refractivity contribution >= 4 is 66.4 Å². The molecule has 0 aliphatic heterocycles. The highest BCUT2D eigenvalue weighted by molar-refractivity contribution is 5.89. The molecule has 0 saturated heterocycles. The molecule has 0 bridgehead atoms. The predicted octanol–water partition coefficient (Wildman–Crippen LogP) is 21.3. The van der Waals surface area contributed by atoms with E-state index in [9.17, 15) is 0 Å². The van der Waals surface area contributed by atoms with Crippen LogP contribution in [0.25, 0.3) is 203 Å². The Bertz CT molecular complexity index is 6920. The molecule has 8 heterocycles. The minimum Gasteiger partial charge on any atom is -0.436 e. The third kappa shape index (κ3) is 11.4. The van der Waals surface area contributed by atoms with Gasteiger partial charge in [0.05, 0.1) is 33.1 Å². The van der Waals surface area contributed by atoms with E-state index in [-0.39, 0.29) is 0 Å². The van der Waals surface area contributed by atoms with Gasteiger partial charge in [0.25, 0.3) is 0 Å². The van der Waals surface area contributed by atoms with Crippen LogP contribution in [0, 0.1) is 34.6 Å². The Morgan fingerprint density at radius 1 is 0.273 bits per heavy atom. The number of hydrogen-bond acceptors (Lipinski definition) is 15. The van der Waals surface area contributed by atoms with Crippen LogP contribution in [0.3, 0.4) is 0 Å². The van der Waals surface area contributed by atoms with Gasteiger partial charge in [-0.2, -0.15) is 0 Å². The molecule has 12 aromatic carbocycles. The lowest BCUT2D eigenvalue weighted by molar-refractivity contribution is 0.616. The van der Waals surface area contributed by atoms with Gasteiger partial charge < -0.3 is 27.4 Å². The van der Waals surface area contributed by atoms with Crippen LogP contribution >= 0.6 is 0 Å². The fraction of sp³-hybridized carbons (Fsp3) is 0.0870. The fourth-order valence-electron chi connectivity index (χ4n) is 15.1. The van der Waals surface area contributed by atoms with Gasteiger partial charge in [0, 0.05) is 87.3 Å². The van der Waals surface area contributed by atoms with Gasteiger partial charge >= 0.3 is 0 Å². The van der Waals surface area contributed by atoms with Crippen molar-refractivity contribution < 1.29 is 13.3 Å². The third-order valence-electron chi connectivity index (χ3n) is 20.9. The molecule has 8 aromatic heterocycles. The van der Waals surface area contributed by atoms with Crippen molar-refractivity contribution in [2.24, 2.45) is 14.1 Å². The Hall–Kier alpha value is -14.5. The number of fused-ring (bicyclic) bond motifs is 6. The summed E-state index contributed by atoms with van der Waals surface area (Å²) in [5.74, 6) is 7.05. The molecule has 0 atom stereocenters. The molecule has 18 nitrogen and oxygen atoms in total. The SMILES string of the molecule is Cc1cccc2nc(-c3ccc(-c4nc(-c5ccc(-c6nc7cccc(C)c7n6C)cc5)nc(-c5ccc(-c6nc7cccc(Cc8cc(-c9nc(-c%10ccc(-c%11nc%12cccc(C)c%12o%11)cc%10)nc(-c%10ccc(-c%11nc%12cccc(C)c%12o%11)cc%10)n9)ccc8-c8nc9cccc(C)c9o8)c7n6C)cc5)n4)cc3)[nH]c12. The summed E-state index contributed by atoms with van der Waals surface area (Å²) in [5.41, 5.74) is 27.9. The Kier molecular flexibility index (Phi) is 15.3. The van der Waals surface area contributed by atoms with Crippen molar-refractivity contribution in [1.82, 2.24) is 73.9 Å². The van der Waals surface area contributed by atoms with Crippen molar-refractivity contribution in [3.05, 3.63) is 288 Å². The molecule has 20 rings (SSSR count). The maximum atomic E-state index is 6.72. The molecule has 0 fully saturated rings. The van der Waals surface area contributed by atoms with Crippen LogP contribution in [0.15, 0.2) is 262 Å². The highest BCUT2D eigenvalue weighted by atomic mass is 16.4. The first-order chi connectivity index (χ1) is 53.8. The third-order valence-corrected chi connectivity index (χ3v) is 20.9. The zero-order chi connectivity index (χ0) is 74.0. The average molecular weight is 1430 g/mol. The van der Waals surface area contributed by atoms with Gasteiger partial charge in [-0.3, -0.25) is 0 Å². The number of nitrogens with one attached hydrogen (secondary N) is 1. The molecular weight excluding hydrogens is 1360 g/mol. The average Bonchev–Trinajstić information content (AvgIpc) is 1.30. The molecule has 110 heavy (non-hydrogen) atoms. The summed E-state index contributed by atoms with van der Waals surface area (Å²) < 4.78 is 23.7. The number of H-pyrrole nitrogens is 1. The first-order valence-electron chi connectivity index (χ1n) is 36.4. The van der Waals surface area contributed by atoms with Crippen LogP contribution < -0.4 is 0 Å². The van der Waals surface area contributed by atoms with E-state index >= 15 is 0 Å². The number of aryl methyl sites for hydroxylation is 7. The van der Waals surface area contributed by atoms with Gasteiger partial charge in [0.2, 0.25) is 17.7 Å². The number of imidazole rings is 3. The second-order valence-electron chi connectivity index (χ2n) is 28.1. The molecule has 1 N–H and O–H groups in total. The Morgan fingerprint density at radius 2 is 0.618 bits per heavy atom. The van der Waals surface area contributed by atoms with E-state index in [0.717, 1.165) is 184 Å². The topological polar surface area (TPSA) is 220 Å². The van der Waals surface area contributed by atoms with Crippen molar-refractivity contribution in [2.45, 2.75) is 41.0 Å². The zero-order valence-electron chi connectivity index (χ0n) is 60.9. The number of nitrogens with zero attached hydrogens (tertiary/aromatic N) is 14. The number of hydrogen-bond donors (Lipinski definition) is 1. The highest BCUT2D eigenvalue weighted by Crippen LogP contribution is 2.39. The molecule has 0 spiro atoms. The zero-order valence-corrected chi connectivity index (χ0v) is 60.9. The molecule has 20 aromatic rings. The lowest BCUT2D eigenvalue weighted by Crippen LogP contribution is -2.02. The first kappa shape index (κ1) is 65.0. The van der Waals surface area contributed by atoms with E-state index in [0.29, 0.717) is 59.0 Å². The summed E-state index contributed by atoms with van der Waals surface area (Å²) in [6.07, 6.45) is 0.462. The van der Waals surface area contributed by atoms with Crippen molar-refractivity contribution in [1.29, 1.82) is 0 Å². The molecule has 0 saturated carbocycles.